The van der Waals surface area contributed by atoms with Crippen LogP contribution in [0.2, 0.25) is 0 Å². The van der Waals surface area contributed by atoms with E-state index in [0.717, 1.165) is 51.6 Å². The monoisotopic (exact) mass is 431 g/mol. The summed E-state index contributed by atoms with van der Waals surface area (Å²) in [6.45, 7) is 10.7. The molecule has 0 radical (unpaired) electrons. The van der Waals surface area contributed by atoms with Crippen molar-refractivity contribution in [1.29, 1.82) is 0 Å². The van der Waals surface area contributed by atoms with Crippen molar-refractivity contribution in [3.05, 3.63) is 0 Å². The average molecular weight is 431 g/mol. The fourth-order valence-electron chi connectivity index (χ4n) is 1.55. The van der Waals surface area contributed by atoms with Gasteiger partial charge in [-0.25, -0.2) is 0 Å². The van der Waals surface area contributed by atoms with Crippen molar-refractivity contribution in [2.45, 2.75) is 40.0 Å². The second-order valence-electron chi connectivity index (χ2n) is 5.18. The number of halogens is 1. The molecule has 0 heterocycles. The second kappa shape index (κ2) is 18.4. The minimum absolute atomic E-state index is 0. The van der Waals surface area contributed by atoms with Gasteiger partial charge in [-0.15, -0.1) is 24.0 Å². The molecule has 0 unspecified atom stereocenters. The molecule has 0 saturated carbocycles. The van der Waals surface area contributed by atoms with E-state index < -0.39 is 0 Å². The van der Waals surface area contributed by atoms with Gasteiger partial charge in [0.2, 0.25) is 0 Å². The van der Waals surface area contributed by atoms with Crippen LogP contribution in [0.3, 0.4) is 0 Å². The quantitative estimate of drug-likeness (QED) is 0.215. The Bertz CT molecular complexity index is 241. The zero-order valence-electron chi connectivity index (χ0n) is 14.1. The lowest BCUT2D eigenvalue weighted by Crippen LogP contribution is -2.39. The number of nitrogens with one attached hydrogen (secondary N) is 2. The highest BCUT2D eigenvalue weighted by atomic mass is 127. The molecule has 0 saturated heterocycles. The maximum Gasteiger partial charge on any atom is 0.191 e. The van der Waals surface area contributed by atoms with Crippen LogP contribution in [0.25, 0.3) is 0 Å². The first-order valence-electron chi connectivity index (χ1n) is 7.79. The van der Waals surface area contributed by atoms with Crippen LogP contribution in [0.15, 0.2) is 4.99 Å². The summed E-state index contributed by atoms with van der Waals surface area (Å²) in [6, 6.07) is 0. The summed E-state index contributed by atoms with van der Waals surface area (Å²) in [5.41, 5.74) is 0. The molecule has 21 heavy (non-hydrogen) atoms. The smallest absolute Gasteiger partial charge is 0.191 e. The molecule has 0 aromatic heterocycles. The SMILES string of the molecule is CCNC(=NCCCCSC)NCCOCCC(C)C.I. The Labute approximate surface area is 152 Å². The second-order valence-corrected chi connectivity index (χ2v) is 6.17. The van der Waals surface area contributed by atoms with E-state index in [2.05, 4.69) is 42.7 Å². The highest BCUT2D eigenvalue weighted by molar-refractivity contribution is 14.0. The first kappa shape index (κ1) is 23.6. The van der Waals surface area contributed by atoms with Gasteiger partial charge in [0.05, 0.1) is 6.61 Å². The summed E-state index contributed by atoms with van der Waals surface area (Å²) >= 11 is 1.90. The molecule has 4 nitrogen and oxygen atoms in total. The fourth-order valence-corrected chi connectivity index (χ4v) is 2.05. The fraction of sp³-hybridized carbons (Fsp3) is 0.933. The predicted octanol–water partition coefficient (Wildman–Crippen LogP) is 3.37. The third-order valence-electron chi connectivity index (χ3n) is 2.75. The Morgan fingerprint density at radius 3 is 2.57 bits per heavy atom. The van der Waals surface area contributed by atoms with E-state index in [1.807, 2.05) is 11.8 Å². The molecule has 6 heteroatoms. The molecular weight excluding hydrogens is 397 g/mol. The van der Waals surface area contributed by atoms with Gasteiger partial charge in [-0.3, -0.25) is 4.99 Å². The third-order valence-corrected chi connectivity index (χ3v) is 3.45. The van der Waals surface area contributed by atoms with Crippen molar-refractivity contribution < 1.29 is 4.74 Å². The summed E-state index contributed by atoms with van der Waals surface area (Å²) in [4.78, 5) is 4.56. The third kappa shape index (κ3) is 18.3. The van der Waals surface area contributed by atoms with E-state index >= 15 is 0 Å². The molecule has 0 rings (SSSR count). The summed E-state index contributed by atoms with van der Waals surface area (Å²) in [7, 11) is 0. The lowest BCUT2D eigenvalue weighted by Gasteiger charge is -2.12. The molecule has 0 atom stereocenters. The van der Waals surface area contributed by atoms with Crippen LogP contribution in [-0.4, -0.2) is 50.8 Å². The van der Waals surface area contributed by atoms with Crippen molar-refractivity contribution >= 4 is 41.7 Å². The minimum Gasteiger partial charge on any atom is -0.380 e. The highest BCUT2D eigenvalue weighted by Gasteiger charge is 1.97. The van der Waals surface area contributed by atoms with Gasteiger partial charge in [0.15, 0.2) is 5.96 Å². The number of guanidine groups is 1. The molecule has 0 fully saturated rings. The van der Waals surface area contributed by atoms with Crippen molar-refractivity contribution in [3.63, 3.8) is 0 Å². The predicted molar refractivity (Wildman–Crippen MR) is 107 cm³/mol. The Kier molecular flexibility index (Phi) is 20.6. The van der Waals surface area contributed by atoms with E-state index in [1.165, 1.54) is 12.2 Å². The first-order chi connectivity index (χ1) is 9.70. The van der Waals surface area contributed by atoms with Gasteiger partial charge in [-0.1, -0.05) is 13.8 Å². The van der Waals surface area contributed by atoms with Gasteiger partial charge < -0.3 is 15.4 Å². The van der Waals surface area contributed by atoms with Crippen LogP contribution >= 0.6 is 35.7 Å². The van der Waals surface area contributed by atoms with Crippen molar-refractivity contribution in [2.75, 3.05) is 44.9 Å². The number of aliphatic imine (C=N–C) groups is 1. The van der Waals surface area contributed by atoms with E-state index in [4.69, 9.17) is 4.74 Å². The molecular formula is C15H34IN3OS. The van der Waals surface area contributed by atoms with Crippen molar-refractivity contribution in [2.24, 2.45) is 10.9 Å². The van der Waals surface area contributed by atoms with Gasteiger partial charge in [0.25, 0.3) is 0 Å². The van der Waals surface area contributed by atoms with Crippen LogP contribution in [0.4, 0.5) is 0 Å². The Morgan fingerprint density at radius 2 is 1.95 bits per heavy atom. The molecule has 0 aromatic rings. The standard InChI is InChI=1S/C15H33N3OS.HI/c1-5-16-15(17-9-6-7-13-20-4)18-10-12-19-11-8-14(2)3;/h14H,5-13H2,1-4H3,(H2,16,17,18);1H. The molecule has 0 bridgehead atoms. The van der Waals surface area contributed by atoms with Gasteiger partial charge in [0.1, 0.15) is 0 Å². The molecule has 0 aliphatic rings. The number of thioether (sulfide) groups is 1. The van der Waals surface area contributed by atoms with E-state index in [0.29, 0.717) is 5.92 Å². The summed E-state index contributed by atoms with van der Waals surface area (Å²) in [5, 5.41) is 6.57. The number of unbranched alkanes of at least 4 members (excludes halogenated alkanes) is 1. The summed E-state index contributed by atoms with van der Waals surface area (Å²) in [6.07, 6.45) is 5.67. The molecule has 128 valence electrons. The van der Waals surface area contributed by atoms with Gasteiger partial charge in [-0.2, -0.15) is 11.8 Å². The lowest BCUT2D eigenvalue weighted by atomic mass is 10.1. The topological polar surface area (TPSA) is 45.7 Å². The van der Waals surface area contributed by atoms with Crippen LogP contribution < -0.4 is 10.6 Å². The number of ether oxygens (including phenoxy) is 1. The summed E-state index contributed by atoms with van der Waals surface area (Å²) < 4.78 is 5.58. The molecule has 0 aromatic carbocycles. The first-order valence-corrected chi connectivity index (χ1v) is 9.19. The van der Waals surface area contributed by atoms with E-state index in [-0.39, 0.29) is 24.0 Å². The van der Waals surface area contributed by atoms with E-state index in [1.54, 1.807) is 0 Å². The normalized spacial score (nSPS) is 11.4. The zero-order chi connectivity index (χ0) is 15.1. The largest absolute Gasteiger partial charge is 0.380 e. The van der Waals surface area contributed by atoms with E-state index in [9.17, 15) is 0 Å². The Morgan fingerprint density at radius 1 is 1.19 bits per heavy atom. The van der Waals surface area contributed by atoms with Crippen LogP contribution in [-0.2, 0) is 4.74 Å². The number of hydrogen-bond acceptors (Lipinski definition) is 3. The average Bonchev–Trinajstić information content (AvgIpc) is 2.41. The maximum atomic E-state index is 5.58. The number of nitrogens with zero attached hydrogens (tertiary/aromatic N) is 1. The van der Waals surface area contributed by atoms with Gasteiger partial charge >= 0.3 is 0 Å². The Balaban J connectivity index is 0. The number of hydrogen-bond donors (Lipinski definition) is 2. The molecule has 0 amide bonds. The van der Waals surface area contributed by atoms with Crippen LogP contribution in [0.1, 0.15) is 40.0 Å². The van der Waals surface area contributed by atoms with Crippen molar-refractivity contribution in [3.8, 4) is 0 Å². The molecule has 0 aliphatic heterocycles. The molecule has 0 aliphatic carbocycles. The van der Waals surface area contributed by atoms with Gasteiger partial charge in [-0.05, 0) is 44.1 Å². The van der Waals surface area contributed by atoms with Crippen LogP contribution in [0.5, 0.6) is 0 Å². The Hall–Kier alpha value is 0.310. The molecule has 2 N–H and O–H groups in total. The number of rotatable bonds is 12. The zero-order valence-corrected chi connectivity index (χ0v) is 17.3. The molecule has 0 spiro atoms. The van der Waals surface area contributed by atoms with Crippen molar-refractivity contribution in [1.82, 2.24) is 10.6 Å². The van der Waals surface area contributed by atoms with Gasteiger partial charge in [0, 0.05) is 26.2 Å². The highest BCUT2D eigenvalue weighted by Crippen LogP contribution is 1.99. The summed E-state index contributed by atoms with van der Waals surface area (Å²) in [5.74, 6) is 2.84. The van der Waals surface area contributed by atoms with Crippen LogP contribution in [0, 0.1) is 5.92 Å². The lowest BCUT2D eigenvalue weighted by molar-refractivity contribution is 0.128. The maximum absolute atomic E-state index is 5.58. The minimum atomic E-state index is 0.